The zero-order valence-corrected chi connectivity index (χ0v) is 23.6. The van der Waals surface area contributed by atoms with Gasteiger partial charge in [-0.15, -0.1) is 5.17 Å². The smallest absolute Gasteiger partial charge is 0.534 e. The van der Waals surface area contributed by atoms with Crippen LogP contribution in [0.2, 0.25) is 0 Å². The molecule has 0 spiro atoms. The van der Waals surface area contributed by atoms with E-state index in [1.165, 1.54) is 23.9 Å². The highest BCUT2D eigenvalue weighted by Crippen LogP contribution is 2.44. The van der Waals surface area contributed by atoms with E-state index in [4.69, 9.17) is 4.84 Å². The number of alkyl halides is 3. The van der Waals surface area contributed by atoms with Gasteiger partial charge in [0.25, 0.3) is 5.91 Å². The van der Waals surface area contributed by atoms with Gasteiger partial charge in [0.2, 0.25) is 0 Å². The first kappa shape index (κ1) is 31.3. The Hall–Kier alpha value is -3.20. The quantitative estimate of drug-likeness (QED) is 0.210. The fourth-order valence-corrected chi connectivity index (χ4v) is 5.22. The summed E-state index contributed by atoms with van der Waals surface area (Å²) in [5.41, 5.74) is -5.52. The Kier molecular flexibility index (Phi) is 9.50. The number of hydrogen-bond acceptors (Lipinski definition) is 9. The van der Waals surface area contributed by atoms with E-state index >= 15 is 0 Å². The maximum absolute atomic E-state index is 13.5. The molecule has 0 aromatic heterocycles. The molecule has 1 unspecified atom stereocenters. The Labute approximate surface area is 230 Å². The first-order chi connectivity index (χ1) is 18.7. The molecule has 0 aliphatic carbocycles. The lowest BCUT2D eigenvalue weighted by atomic mass is 9.90. The second kappa shape index (κ2) is 12.1. The summed E-state index contributed by atoms with van der Waals surface area (Å²) in [4.78, 5) is 33.1. The van der Waals surface area contributed by atoms with Crippen molar-refractivity contribution in [2.24, 2.45) is 0 Å². The highest BCUT2D eigenvalue weighted by molar-refractivity contribution is 7.88. The van der Waals surface area contributed by atoms with Gasteiger partial charge >= 0.3 is 15.6 Å². The standard InChI is InChI=1S/C26H32F3N3O7S/c1-6-31(7-2)32(8-3)38-23(25(34)35)21-17(5)20-19(16(4)22(21)39-40(36,37)26(27,28)29)15-30(24(20)33)14-18-12-10-9-11-13-18/h9-13,23H,6-8,14-15H2,1-5H3,(H,34,35)/p-1. The summed E-state index contributed by atoms with van der Waals surface area (Å²) in [6, 6.07) is 8.94. The van der Waals surface area contributed by atoms with E-state index in [1.807, 2.05) is 0 Å². The second-order valence-corrected chi connectivity index (χ2v) is 10.6. The first-order valence-electron chi connectivity index (χ1n) is 12.6. The van der Waals surface area contributed by atoms with Gasteiger partial charge in [0, 0.05) is 43.9 Å². The number of hydrazine groups is 1. The molecule has 10 nitrogen and oxygen atoms in total. The molecule has 1 amide bonds. The van der Waals surface area contributed by atoms with Crippen molar-refractivity contribution in [1.29, 1.82) is 0 Å². The number of hydroxylamine groups is 1. The number of hydrogen-bond donors (Lipinski definition) is 0. The Morgan fingerprint density at radius 3 is 2.17 bits per heavy atom. The van der Waals surface area contributed by atoms with E-state index in [9.17, 15) is 36.3 Å². The minimum absolute atomic E-state index is 0.0425. The third-order valence-electron chi connectivity index (χ3n) is 6.68. The molecular formula is C26H31F3N3O7S-. The molecule has 3 rings (SSSR count). The van der Waals surface area contributed by atoms with Crippen LogP contribution in [0.25, 0.3) is 0 Å². The summed E-state index contributed by atoms with van der Waals surface area (Å²) in [6.45, 7) is 8.82. The topological polar surface area (TPSA) is 120 Å². The van der Waals surface area contributed by atoms with Crippen molar-refractivity contribution in [2.75, 3.05) is 19.6 Å². The first-order valence-corrected chi connectivity index (χ1v) is 14.0. The van der Waals surface area contributed by atoms with Crippen molar-refractivity contribution in [1.82, 2.24) is 15.1 Å². The second-order valence-electron chi connectivity index (χ2n) is 9.09. The van der Waals surface area contributed by atoms with Crippen molar-refractivity contribution in [3.63, 3.8) is 0 Å². The number of fused-ring (bicyclic) bond motifs is 1. The van der Waals surface area contributed by atoms with Crippen molar-refractivity contribution in [2.45, 2.75) is 59.3 Å². The van der Waals surface area contributed by atoms with E-state index in [0.717, 1.165) is 5.56 Å². The van der Waals surface area contributed by atoms with Crippen molar-refractivity contribution in [3.8, 4) is 5.75 Å². The van der Waals surface area contributed by atoms with Crippen molar-refractivity contribution >= 4 is 22.0 Å². The molecule has 0 bridgehead atoms. The maximum Gasteiger partial charge on any atom is 0.534 e. The summed E-state index contributed by atoms with van der Waals surface area (Å²) in [5.74, 6) is -3.24. The lowest BCUT2D eigenvalue weighted by Crippen LogP contribution is -2.46. The number of halogens is 3. The molecule has 0 saturated carbocycles. The molecule has 40 heavy (non-hydrogen) atoms. The summed E-state index contributed by atoms with van der Waals surface area (Å²) in [5, 5.41) is 15.2. The van der Waals surface area contributed by atoms with Crippen LogP contribution in [0.5, 0.6) is 5.75 Å². The Balaban J connectivity index is 2.24. The van der Waals surface area contributed by atoms with Crippen LogP contribution in [0, 0.1) is 13.8 Å². The van der Waals surface area contributed by atoms with E-state index < -0.39 is 44.9 Å². The van der Waals surface area contributed by atoms with Crippen LogP contribution >= 0.6 is 0 Å². The third kappa shape index (κ3) is 6.09. The number of rotatable bonds is 12. The number of benzene rings is 2. The number of amides is 1. The molecule has 0 fully saturated rings. The predicted molar refractivity (Wildman–Crippen MR) is 136 cm³/mol. The average Bonchev–Trinajstić information content (AvgIpc) is 3.21. The minimum atomic E-state index is -6.22. The molecule has 0 radical (unpaired) electrons. The van der Waals surface area contributed by atoms with E-state index in [0.29, 0.717) is 13.1 Å². The van der Waals surface area contributed by atoms with E-state index in [1.54, 1.807) is 56.1 Å². The maximum atomic E-state index is 13.5. The molecule has 1 atom stereocenters. The molecule has 1 heterocycles. The number of carboxylic acid groups (broad SMARTS) is 1. The molecule has 220 valence electrons. The summed E-state index contributed by atoms with van der Waals surface area (Å²) >= 11 is 0. The van der Waals surface area contributed by atoms with Crippen LogP contribution in [0.4, 0.5) is 13.2 Å². The molecule has 1 aliphatic heterocycles. The zero-order chi connectivity index (χ0) is 30.0. The lowest BCUT2D eigenvalue weighted by Gasteiger charge is -2.35. The molecule has 2 aromatic rings. The fraction of sp³-hybridized carbons (Fsp3) is 0.462. The van der Waals surface area contributed by atoms with Gasteiger partial charge in [0.05, 0.1) is 5.97 Å². The van der Waals surface area contributed by atoms with Gasteiger partial charge in [0.15, 0.2) is 5.75 Å². The summed E-state index contributed by atoms with van der Waals surface area (Å²) in [6.07, 6.45) is -2.11. The average molecular weight is 587 g/mol. The van der Waals surface area contributed by atoms with E-state index in [-0.39, 0.29) is 41.9 Å². The van der Waals surface area contributed by atoms with Gasteiger partial charge < -0.3 is 19.0 Å². The normalized spacial score (nSPS) is 14.7. The number of aliphatic carboxylic acids is 1. The highest BCUT2D eigenvalue weighted by atomic mass is 32.2. The van der Waals surface area contributed by atoms with E-state index in [2.05, 4.69) is 4.18 Å². The fourth-order valence-electron chi connectivity index (χ4n) is 4.69. The Morgan fingerprint density at radius 1 is 1.07 bits per heavy atom. The van der Waals surface area contributed by atoms with Crippen LogP contribution < -0.4 is 9.29 Å². The minimum Gasteiger partial charge on any atom is -0.547 e. The monoisotopic (exact) mass is 586 g/mol. The van der Waals surface area contributed by atoms with Crippen molar-refractivity contribution < 1.29 is 45.3 Å². The number of carboxylic acids is 1. The van der Waals surface area contributed by atoms with Crippen LogP contribution in [0.15, 0.2) is 30.3 Å². The lowest BCUT2D eigenvalue weighted by molar-refractivity contribution is -0.353. The number of carbonyl (C=O) groups is 2. The van der Waals surface area contributed by atoms with Crippen LogP contribution in [-0.2, 0) is 32.8 Å². The molecule has 0 saturated heterocycles. The molecule has 0 N–H and O–H groups in total. The largest absolute Gasteiger partial charge is 0.547 e. The Bertz CT molecular complexity index is 1360. The van der Waals surface area contributed by atoms with Crippen LogP contribution in [0.3, 0.4) is 0 Å². The van der Waals surface area contributed by atoms with Gasteiger partial charge in [-0.2, -0.15) is 21.6 Å². The predicted octanol–water partition coefficient (Wildman–Crippen LogP) is 2.99. The molecule has 14 heteroatoms. The van der Waals surface area contributed by atoms with Gasteiger partial charge in [0.1, 0.15) is 6.10 Å². The van der Waals surface area contributed by atoms with Gasteiger partial charge in [-0.05, 0) is 43.0 Å². The number of carbonyl (C=O) groups excluding carboxylic acids is 2. The highest BCUT2D eigenvalue weighted by Gasteiger charge is 2.50. The van der Waals surface area contributed by atoms with Crippen LogP contribution in [0.1, 0.15) is 65.1 Å². The summed E-state index contributed by atoms with van der Waals surface area (Å²) < 4.78 is 69.0. The van der Waals surface area contributed by atoms with Gasteiger partial charge in [-0.25, -0.2) is 5.01 Å². The van der Waals surface area contributed by atoms with Gasteiger partial charge in [-0.1, -0.05) is 44.2 Å². The summed E-state index contributed by atoms with van der Waals surface area (Å²) in [7, 11) is -6.22. The molecule has 1 aliphatic rings. The molecule has 2 aromatic carbocycles. The van der Waals surface area contributed by atoms with Crippen LogP contribution in [-0.4, -0.2) is 60.5 Å². The molecular weight excluding hydrogens is 555 g/mol. The third-order valence-corrected chi connectivity index (χ3v) is 7.63. The number of nitrogens with zero attached hydrogens (tertiary/aromatic N) is 3. The van der Waals surface area contributed by atoms with Gasteiger partial charge in [-0.3, -0.25) is 9.63 Å². The Morgan fingerprint density at radius 2 is 1.68 bits per heavy atom. The zero-order valence-electron chi connectivity index (χ0n) is 22.7. The SMILES string of the molecule is CCN(CC)N(CC)OC(C(=O)[O-])c1c(C)c2c(c(C)c1OS(=O)(=O)C(F)(F)F)CN(Cc1ccccc1)C2=O. The van der Waals surface area contributed by atoms with Crippen molar-refractivity contribution in [3.05, 3.63) is 63.7 Å².